The second-order valence-electron chi connectivity index (χ2n) is 9.87. The van der Waals surface area contributed by atoms with Crippen molar-refractivity contribution >= 4 is 44.8 Å². The molecule has 0 saturated heterocycles. The molecule has 2 heteroatoms. The van der Waals surface area contributed by atoms with Crippen molar-refractivity contribution < 1.29 is 0 Å². The van der Waals surface area contributed by atoms with Gasteiger partial charge >= 0.3 is 0 Å². The molecule has 6 aromatic rings. The van der Waals surface area contributed by atoms with Crippen LogP contribution in [0.2, 0.25) is 0 Å². The Morgan fingerprint density at radius 3 is 1.37 bits per heavy atom. The third-order valence-electron chi connectivity index (χ3n) is 7.86. The SMILES string of the molecule is Brc1ccc2c(c1)-c1ccccc1[Si]2(c1ccc(-c2ccccc2)cc1)c1ccc(-c2ccccc2)cc1. The molecule has 1 heterocycles. The lowest BCUT2D eigenvalue weighted by Crippen LogP contribution is -2.72. The van der Waals surface area contributed by atoms with Crippen LogP contribution in [0.15, 0.2) is 156 Å². The lowest BCUT2D eigenvalue weighted by Gasteiger charge is -2.31. The maximum Gasteiger partial charge on any atom is 0.180 e. The van der Waals surface area contributed by atoms with E-state index in [0.717, 1.165) is 4.47 Å². The highest BCUT2D eigenvalue weighted by atomic mass is 79.9. The van der Waals surface area contributed by atoms with Crippen molar-refractivity contribution in [2.24, 2.45) is 0 Å². The molecular formula is C36H25BrSi. The maximum absolute atomic E-state index is 3.75. The van der Waals surface area contributed by atoms with Crippen LogP contribution in [0.1, 0.15) is 0 Å². The van der Waals surface area contributed by atoms with Gasteiger partial charge in [0.25, 0.3) is 0 Å². The van der Waals surface area contributed by atoms with E-state index in [9.17, 15) is 0 Å². The second-order valence-corrected chi connectivity index (χ2v) is 14.5. The summed E-state index contributed by atoms with van der Waals surface area (Å²) in [6.07, 6.45) is 0. The van der Waals surface area contributed by atoms with Crippen LogP contribution in [0.3, 0.4) is 0 Å². The summed E-state index contributed by atoms with van der Waals surface area (Å²) >= 11 is 3.75. The van der Waals surface area contributed by atoms with E-state index >= 15 is 0 Å². The first-order valence-corrected chi connectivity index (χ1v) is 15.8. The summed E-state index contributed by atoms with van der Waals surface area (Å²) in [5.74, 6) is 0. The molecule has 0 spiro atoms. The lowest BCUT2D eigenvalue weighted by atomic mass is 10.1. The Bertz CT molecular complexity index is 1660. The highest BCUT2D eigenvalue weighted by Crippen LogP contribution is 2.31. The number of halogens is 1. The molecule has 0 unspecified atom stereocenters. The van der Waals surface area contributed by atoms with E-state index in [1.165, 1.54) is 54.1 Å². The monoisotopic (exact) mass is 564 g/mol. The summed E-state index contributed by atoms with van der Waals surface area (Å²) < 4.78 is 1.12. The fourth-order valence-corrected chi connectivity index (χ4v) is 11.6. The van der Waals surface area contributed by atoms with Gasteiger partial charge in [0, 0.05) is 4.47 Å². The van der Waals surface area contributed by atoms with Crippen LogP contribution in [0, 0.1) is 0 Å². The molecule has 0 aliphatic carbocycles. The number of hydrogen-bond acceptors (Lipinski definition) is 0. The average molecular weight is 566 g/mol. The maximum atomic E-state index is 3.75. The van der Waals surface area contributed by atoms with E-state index in [1.807, 2.05) is 0 Å². The molecule has 0 nitrogen and oxygen atoms in total. The zero-order valence-electron chi connectivity index (χ0n) is 20.8. The van der Waals surface area contributed by atoms with E-state index in [1.54, 1.807) is 0 Å². The van der Waals surface area contributed by atoms with Crippen molar-refractivity contribution in [1.82, 2.24) is 0 Å². The Hall–Kier alpha value is -3.98. The summed E-state index contributed by atoms with van der Waals surface area (Å²) in [7, 11) is -2.52. The molecule has 7 rings (SSSR count). The largest absolute Gasteiger partial charge is 0.180 e. The summed E-state index contributed by atoms with van der Waals surface area (Å²) in [4.78, 5) is 0. The van der Waals surface area contributed by atoms with Crippen LogP contribution >= 0.6 is 15.9 Å². The predicted molar refractivity (Wildman–Crippen MR) is 168 cm³/mol. The topological polar surface area (TPSA) is 0 Å². The Morgan fingerprint density at radius 2 is 0.816 bits per heavy atom. The number of hydrogen-bond donors (Lipinski definition) is 0. The van der Waals surface area contributed by atoms with Gasteiger partial charge in [-0.1, -0.05) is 155 Å². The third kappa shape index (κ3) is 3.64. The smallest absolute Gasteiger partial charge is 0.0623 e. The van der Waals surface area contributed by atoms with E-state index < -0.39 is 8.07 Å². The molecule has 0 saturated carbocycles. The minimum absolute atomic E-state index is 1.12. The first-order chi connectivity index (χ1) is 18.7. The quantitative estimate of drug-likeness (QED) is 0.199. The molecule has 0 radical (unpaired) electrons. The van der Waals surface area contributed by atoms with Crippen molar-refractivity contribution in [3.63, 3.8) is 0 Å². The van der Waals surface area contributed by atoms with Gasteiger partial charge < -0.3 is 0 Å². The number of benzene rings is 6. The number of fused-ring (bicyclic) bond motifs is 3. The van der Waals surface area contributed by atoms with Gasteiger partial charge in [-0.3, -0.25) is 0 Å². The normalized spacial score (nSPS) is 13.1. The molecule has 0 fully saturated rings. The molecule has 0 amide bonds. The molecule has 38 heavy (non-hydrogen) atoms. The van der Waals surface area contributed by atoms with Crippen molar-refractivity contribution in [1.29, 1.82) is 0 Å². The van der Waals surface area contributed by atoms with Gasteiger partial charge in [-0.25, -0.2) is 0 Å². The zero-order chi connectivity index (χ0) is 25.5. The van der Waals surface area contributed by atoms with Gasteiger partial charge in [-0.15, -0.1) is 0 Å². The minimum atomic E-state index is -2.52. The van der Waals surface area contributed by atoms with Gasteiger partial charge in [0.1, 0.15) is 0 Å². The molecule has 0 N–H and O–H groups in total. The zero-order valence-corrected chi connectivity index (χ0v) is 23.4. The van der Waals surface area contributed by atoms with Gasteiger partial charge in [-0.2, -0.15) is 0 Å². The van der Waals surface area contributed by atoms with Crippen molar-refractivity contribution in [2.75, 3.05) is 0 Å². The minimum Gasteiger partial charge on any atom is -0.0623 e. The van der Waals surface area contributed by atoms with Crippen molar-refractivity contribution in [2.45, 2.75) is 0 Å². The van der Waals surface area contributed by atoms with E-state index in [-0.39, 0.29) is 0 Å². The third-order valence-corrected chi connectivity index (χ3v) is 13.2. The first-order valence-electron chi connectivity index (χ1n) is 13.0. The molecular weight excluding hydrogens is 540 g/mol. The average Bonchev–Trinajstić information content (AvgIpc) is 3.28. The van der Waals surface area contributed by atoms with E-state index in [0.29, 0.717) is 0 Å². The molecule has 0 aromatic heterocycles. The molecule has 0 bridgehead atoms. The molecule has 6 aromatic carbocycles. The lowest BCUT2D eigenvalue weighted by molar-refractivity contribution is 1.62. The van der Waals surface area contributed by atoms with Crippen LogP contribution in [0.5, 0.6) is 0 Å². The standard InChI is InChI=1S/C36H25BrSi/c37-30-19-24-36-34(25-30)33-13-7-8-14-35(33)38(36,31-20-15-28(16-21-31)26-9-3-1-4-10-26)32-22-17-29(18-23-32)27-11-5-2-6-12-27/h1-25H. The highest BCUT2D eigenvalue weighted by Gasteiger charge is 2.48. The van der Waals surface area contributed by atoms with Crippen LogP contribution in [-0.2, 0) is 0 Å². The first kappa shape index (κ1) is 23.2. The van der Waals surface area contributed by atoms with Gasteiger partial charge in [0.2, 0.25) is 0 Å². The summed E-state index contributed by atoms with van der Waals surface area (Å²) in [5, 5.41) is 5.76. The van der Waals surface area contributed by atoms with Gasteiger partial charge in [0.05, 0.1) is 0 Å². The highest BCUT2D eigenvalue weighted by molar-refractivity contribution is 9.10. The van der Waals surface area contributed by atoms with Crippen LogP contribution in [0.25, 0.3) is 33.4 Å². The van der Waals surface area contributed by atoms with Gasteiger partial charge in [-0.05, 0) is 66.3 Å². The van der Waals surface area contributed by atoms with Crippen LogP contribution in [-0.4, -0.2) is 8.07 Å². The Kier molecular flexibility index (Phi) is 5.73. The molecule has 0 atom stereocenters. The second kappa shape index (κ2) is 9.40. The fourth-order valence-electron chi connectivity index (χ4n) is 6.13. The Balaban J connectivity index is 1.48. The van der Waals surface area contributed by atoms with Crippen LogP contribution in [0.4, 0.5) is 0 Å². The van der Waals surface area contributed by atoms with E-state index in [2.05, 4.69) is 168 Å². The summed E-state index contributed by atoms with van der Waals surface area (Å²) in [6, 6.07) is 56.0. The van der Waals surface area contributed by atoms with Crippen molar-refractivity contribution in [3.8, 4) is 33.4 Å². The molecule has 1 aliphatic rings. The fraction of sp³-hybridized carbons (Fsp3) is 0. The van der Waals surface area contributed by atoms with Crippen molar-refractivity contribution in [3.05, 3.63) is 156 Å². The van der Waals surface area contributed by atoms with Crippen LogP contribution < -0.4 is 20.7 Å². The predicted octanol–water partition coefficient (Wildman–Crippen LogP) is 7.14. The van der Waals surface area contributed by atoms with Gasteiger partial charge in [0.15, 0.2) is 8.07 Å². The Labute approximate surface area is 233 Å². The van der Waals surface area contributed by atoms with E-state index in [4.69, 9.17) is 0 Å². The summed E-state index contributed by atoms with van der Waals surface area (Å²) in [5.41, 5.74) is 7.70. The molecule has 180 valence electrons. The molecule has 1 aliphatic heterocycles. The number of rotatable bonds is 4. The Morgan fingerprint density at radius 1 is 0.368 bits per heavy atom. The summed E-state index contributed by atoms with van der Waals surface area (Å²) in [6.45, 7) is 0.